The summed E-state index contributed by atoms with van der Waals surface area (Å²) in [5.74, 6) is 2.91. The molecule has 3 aromatic carbocycles. The van der Waals surface area contributed by atoms with E-state index < -0.39 is 11.5 Å². The largest absolute Gasteiger partial charge is 0.494 e. The zero-order valence-corrected chi connectivity index (χ0v) is 40.0. The van der Waals surface area contributed by atoms with E-state index in [1.165, 1.54) is 22.4 Å². The Bertz CT molecular complexity index is 2270. The van der Waals surface area contributed by atoms with E-state index in [0.717, 1.165) is 107 Å². The molecule has 66 heavy (non-hydrogen) atoms. The minimum atomic E-state index is -1.11. The molecule has 1 spiro atoms. The number of nitrogens with one attached hydrogen (secondary N) is 1. The lowest BCUT2D eigenvalue weighted by Gasteiger charge is -2.47. The Balaban J connectivity index is 0.881. The number of morpholine rings is 1. The lowest BCUT2D eigenvalue weighted by molar-refractivity contribution is -0.144. The number of likely N-dealkylation sites (N-methyl/N-ethyl adjacent to an activating group) is 1. The number of nitrogens with zero attached hydrogens (tertiary/aromatic N) is 3. The van der Waals surface area contributed by atoms with Crippen molar-refractivity contribution >= 4 is 29.2 Å². The smallest absolute Gasteiger partial charge is 0.329 e. The van der Waals surface area contributed by atoms with Crippen LogP contribution in [-0.2, 0) is 39.0 Å². The maximum absolute atomic E-state index is 13.2. The van der Waals surface area contributed by atoms with Crippen molar-refractivity contribution in [2.45, 2.75) is 108 Å². The monoisotopic (exact) mass is 920 g/mol. The minimum absolute atomic E-state index is 0.0965. The van der Waals surface area contributed by atoms with Crippen molar-refractivity contribution in [1.29, 1.82) is 0 Å². The quantitative estimate of drug-likeness (QED) is 0.0829. The number of amides is 1. The summed E-state index contributed by atoms with van der Waals surface area (Å²) in [6.07, 6.45) is 11.3. The standard InChI is InChI=1S/C54H69ClN4O7/c1-38(37-66-49-17-23-56-48-13-4-8-39(2)51(48)49)32-42-34-41-15-16-46(36-47(41)53(42)19-21-54(22-20-53,52(61)62)57-44-11-6-10-43(55)35-44)64-28-7-14-50(60)58(3)24-18-40-9-5-12-45(33-40)65-31-27-59-25-29-63-30-26-59/h5-6,9-12,15-17,23,33,35-36,38-39,42,57H,4,7-8,13-14,18-22,24-32,34,37H2,1-3H3,(H,61,62)/t38-,39-,42?,53?,54?/m1/s1. The zero-order chi connectivity index (χ0) is 46.1. The van der Waals surface area contributed by atoms with Gasteiger partial charge >= 0.3 is 5.97 Å². The SMILES string of the molecule is C[C@@H](COc1ccnc2c1[C@H](C)CCC2)CC1Cc2ccc(OCCCC(=O)N(C)CCc3cccc(OCCN4CCOCC4)c3)cc2C12CCC(Nc1cccc(Cl)c1)(C(=O)O)CC2. The van der Waals surface area contributed by atoms with E-state index in [4.69, 9.17) is 30.5 Å². The summed E-state index contributed by atoms with van der Waals surface area (Å²) in [5.41, 5.74) is 5.57. The summed E-state index contributed by atoms with van der Waals surface area (Å²) in [6, 6.07) is 24.0. The number of ether oxygens (including phenoxy) is 4. The van der Waals surface area contributed by atoms with Gasteiger partial charge in [0.2, 0.25) is 5.91 Å². The molecule has 0 bridgehead atoms. The predicted molar refractivity (Wildman–Crippen MR) is 259 cm³/mol. The Morgan fingerprint density at radius 1 is 0.985 bits per heavy atom. The Morgan fingerprint density at radius 2 is 1.77 bits per heavy atom. The van der Waals surface area contributed by atoms with Gasteiger partial charge in [-0.1, -0.05) is 49.7 Å². The highest BCUT2D eigenvalue weighted by Gasteiger charge is 2.54. The zero-order valence-electron chi connectivity index (χ0n) is 39.2. The third kappa shape index (κ3) is 11.5. The van der Waals surface area contributed by atoms with Crippen LogP contribution in [0.5, 0.6) is 17.2 Å². The van der Waals surface area contributed by atoms with Crippen LogP contribution in [0.3, 0.4) is 0 Å². The van der Waals surface area contributed by atoms with Gasteiger partial charge in [0.05, 0.1) is 26.4 Å². The molecule has 1 saturated carbocycles. The van der Waals surface area contributed by atoms with E-state index in [0.29, 0.717) is 74.6 Å². The van der Waals surface area contributed by atoms with Crippen molar-refractivity contribution < 1.29 is 33.6 Å². The van der Waals surface area contributed by atoms with Gasteiger partial charge in [-0.25, -0.2) is 4.79 Å². The fourth-order valence-corrected chi connectivity index (χ4v) is 11.3. The summed E-state index contributed by atoms with van der Waals surface area (Å²) in [5, 5.41) is 14.7. The Labute approximate surface area is 396 Å². The summed E-state index contributed by atoms with van der Waals surface area (Å²) in [4.78, 5) is 35.2. The number of aryl methyl sites for hydroxylation is 1. The number of rotatable bonds is 20. The van der Waals surface area contributed by atoms with Crippen LogP contribution in [0.25, 0.3) is 0 Å². The second-order valence-electron chi connectivity index (χ2n) is 19.5. The van der Waals surface area contributed by atoms with Crippen LogP contribution in [0, 0.1) is 11.8 Å². The summed E-state index contributed by atoms with van der Waals surface area (Å²) in [7, 11) is 1.87. The molecule has 12 heteroatoms. The van der Waals surface area contributed by atoms with Gasteiger partial charge in [-0.2, -0.15) is 0 Å². The van der Waals surface area contributed by atoms with Gasteiger partial charge in [-0.3, -0.25) is 14.7 Å². The van der Waals surface area contributed by atoms with Crippen LogP contribution in [0.4, 0.5) is 5.69 Å². The van der Waals surface area contributed by atoms with Crippen LogP contribution in [-0.4, -0.2) is 104 Å². The third-order valence-electron chi connectivity index (χ3n) is 14.9. The summed E-state index contributed by atoms with van der Waals surface area (Å²) < 4.78 is 24.5. The van der Waals surface area contributed by atoms with Crippen LogP contribution < -0.4 is 19.5 Å². The van der Waals surface area contributed by atoms with Gasteiger partial charge in [0.1, 0.15) is 29.4 Å². The van der Waals surface area contributed by atoms with Gasteiger partial charge in [0.15, 0.2) is 0 Å². The van der Waals surface area contributed by atoms with Crippen molar-refractivity contribution in [2.75, 3.05) is 71.6 Å². The van der Waals surface area contributed by atoms with E-state index in [1.54, 1.807) is 12.1 Å². The molecule has 354 valence electrons. The first kappa shape index (κ1) is 47.6. The molecule has 8 rings (SSSR count). The average Bonchev–Trinajstić information content (AvgIpc) is 3.60. The molecule has 0 radical (unpaired) electrons. The van der Waals surface area contributed by atoms with Crippen LogP contribution >= 0.6 is 11.6 Å². The number of carboxylic acids is 1. The normalized spacial score (nSPS) is 23.1. The van der Waals surface area contributed by atoms with Crippen molar-refractivity contribution in [2.24, 2.45) is 11.8 Å². The molecule has 2 heterocycles. The number of hydrogen-bond acceptors (Lipinski definition) is 9. The molecule has 3 atom stereocenters. The van der Waals surface area contributed by atoms with Crippen molar-refractivity contribution in [3.8, 4) is 17.2 Å². The summed E-state index contributed by atoms with van der Waals surface area (Å²) >= 11 is 6.33. The fraction of sp³-hybridized carbons (Fsp3) is 0.537. The second kappa shape index (κ2) is 21.9. The maximum Gasteiger partial charge on any atom is 0.329 e. The number of pyridine rings is 1. The molecule has 2 N–H and O–H groups in total. The lowest BCUT2D eigenvalue weighted by atomic mass is 9.59. The number of carboxylic acid groups (broad SMARTS) is 1. The van der Waals surface area contributed by atoms with Gasteiger partial charge in [0.25, 0.3) is 0 Å². The first-order valence-electron chi connectivity index (χ1n) is 24.4. The predicted octanol–water partition coefficient (Wildman–Crippen LogP) is 9.77. The molecule has 1 aromatic heterocycles. The Morgan fingerprint density at radius 3 is 2.58 bits per heavy atom. The maximum atomic E-state index is 13.2. The average molecular weight is 922 g/mol. The molecule has 4 aliphatic rings. The number of hydrogen-bond donors (Lipinski definition) is 2. The van der Waals surface area contributed by atoms with Crippen LogP contribution in [0.1, 0.15) is 106 Å². The number of benzene rings is 3. The van der Waals surface area contributed by atoms with Crippen molar-refractivity contribution in [1.82, 2.24) is 14.8 Å². The molecular formula is C54H69ClN4O7. The van der Waals surface area contributed by atoms with E-state index in [-0.39, 0.29) is 17.2 Å². The molecule has 1 aliphatic heterocycles. The topological polar surface area (TPSA) is 123 Å². The van der Waals surface area contributed by atoms with Crippen LogP contribution in [0.15, 0.2) is 79.0 Å². The van der Waals surface area contributed by atoms with Gasteiger partial charge < -0.3 is 34.3 Å². The highest BCUT2D eigenvalue weighted by Crippen LogP contribution is 2.57. The van der Waals surface area contributed by atoms with Gasteiger partial charge in [-0.15, -0.1) is 0 Å². The minimum Gasteiger partial charge on any atom is -0.494 e. The number of fused-ring (bicyclic) bond motifs is 3. The van der Waals surface area contributed by atoms with E-state index in [2.05, 4.69) is 59.4 Å². The molecule has 3 aliphatic carbocycles. The van der Waals surface area contributed by atoms with Crippen LogP contribution in [0.2, 0.25) is 5.02 Å². The molecule has 1 unspecified atom stereocenters. The third-order valence-corrected chi connectivity index (χ3v) is 15.1. The molecule has 2 fully saturated rings. The number of anilines is 1. The molecule has 4 aromatic rings. The van der Waals surface area contributed by atoms with E-state index in [1.807, 2.05) is 48.5 Å². The van der Waals surface area contributed by atoms with Crippen molar-refractivity contribution in [3.05, 3.63) is 112 Å². The molecule has 1 amide bonds. The first-order chi connectivity index (χ1) is 32.0. The molecule has 1 saturated heterocycles. The van der Waals surface area contributed by atoms with E-state index in [9.17, 15) is 14.7 Å². The fourth-order valence-electron chi connectivity index (χ4n) is 11.1. The first-order valence-corrected chi connectivity index (χ1v) is 24.8. The molecule has 11 nitrogen and oxygen atoms in total. The Kier molecular flexibility index (Phi) is 15.8. The number of carbonyl (C=O) groups is 2. The number of halogens is 1. The lowest BCUT2D eigenvalue weighted by Crippen LogP contribution is -2.53. The number of carbonyl (C=O) groups excluding carboxylic acids is 1. The highest BCUT2D eigenvalue weighted by molar-refractivity contribution is 6.30. The van der Waals surface area contributed by atoms with Gasteiger partial charge in [0, 0.05) is 67.8 Å². The number of aromatic nitrogens is 1. The summed E-state index contributed by atoms with van der Waals surface area (Å²) in [6.45, 7) is 11.2. The number of aliphatic carboxylic acids is 1. The highest BCUT2D eigenvalue weighted by atomic mass is 35.5. The van der Waals surface area contributed by atoms with Crippen molar-refractivity contribution in [3.63, 3.8) is 0 Å². The Hall–Kier alpha value is -4.84. The van der Waals surface area contributed by atoms with Gasteiger partial charge in [-0.05, 0) is 159 Å². The second-order valence-corrected chi connectivity index (χ2v) is 19.9. The van der Waals surface area contributed by atoms with E-state index >= 15 is 0 Å². The molecular weight excluding hydrogens is 852 g/mol.